The molecule has 0 heterocycles. The van der Waals surface area contributed by atoms with E-state index in [1.54, 1.807) is 7.11 Å². The number of hydrogen-bond donors (Lipinski definition) is 1. The van der Waals surface area contributed by atoms with Crippen LogP contribution in [0.4, 0.5) is 0 Å². The molecule has 0 saturated heterocycles. The fourth-order valence-corrected chi connectivity index (χ4v) is 2.40. The molecule has 1 N–H and O–H groups in total. The Hall–Kier alpha value is -1.02. The molecule has 108 valence electrons. The number of aryl methyl sites for hydroxylation is 1. The van der Waals surface area contributed by atoms with Gasteiger partial charge in [0.05, 0.1) is 7.11 Å². The lowest BCUT2D eigenvalue weighted by atomic mass is 9.77. The SMILES string of the molecule is CCCNC(c1ccc(OC)cc1C)C(C)(C)CC. The quantitative estimate of drug-likeness (QED) is 0.783. The molecule has 1 aromatic rings. The van der Waals surface area contributed by atoms with Crippen molar-refractivity contribution >= 4 is 0 Å². The highest BCUT2D eigenvalue weighted by Crippen LogP contribution is 2.38. The van der Waals surface area contributed by atoms with Crippen LogP contribution < -0.4 is 10.1 Å². The Labute approximate surface area is 118 Å². The Morgan fingerprint density at radius 3 is 2.42 bits per heavy atom. The Balaban J connectivity index is 3.10. The lowest BCUT2D eigenvalue weighted by molar-refractivity contribution is 0.234. The third-order valence-electron chi connectivity index (χ3n) is 4.08. The van der Waals surface area contributed by atoms with Crippen LogP contribution in [0.1, 0.15) is 57.7 Å². The molecule has 0 bridgehead atoms. The average molecular weight is 263 g/mol. The molecular formula is C17H29NO. The summed E-state index contributed by atoms with van der Waals surface area (Å²) < 4.78 is 5.30. The van der Waals surface area contributed by atoms with Gasteiger partial charge in [0.1, 0.15) is 5.75 Å². The zero-order valence-electron chi connectivity index (χ0n) is 13.3. The van der Waals surface area contributed by atoms with Gasteiger partial charge in [-0.15, -0.1) is 0 Å². The molecule has 0 saturated carbocycles. The number of nitrogens with one attached hydrogen (secondary N) is 1. The first kappa shape index (κ1) is 16.0. The number of methoxy groups -OCH3 is 1. The summed E-state index contributed by atoms with van der Waals surface area (Å²) in [6.07, 6.45) is 2.31. The van der Waals surface area contributed by atoms with Crippen LogP contribution in [-0.4, -0.2) is 13.7 Å². The van der Waals surface area contributed by atoms with Crippen molar-refractivity contribution < 1.29 is 4.74 Å². The van der Waals surface area contributed by atoms with Gasteiger partial charge in [-0.1, -0.05) is 33.8 Å². The second-order valence-corrected chi connectivity index (χ2v) is 5.95. The first-order chi connectivity index (χ1) is 8.96. The zero-order valence-corrected chi connectivity index (χ0v) is 13.3. The summed E-state index contributed by atoms with van der Waals surface area (Å²) in [6, 6.07) is 6.79. The van der Waals surface area contributed by atoms with Crippen LogP contribution in [0.2, 0.25) is 0 Å². The van der Waals surface area contributed by atoms with Gasteiger partial charge in [0, 0.05) is 6.04 Å². The maximum Gasteiger partial charge on any atom is 0.119 e. The van der Waals surface area contributed by atoms with Crippen molar-refractivity contribution in [1.82, 2.24) is 5.32 Å². The fraction of sp³-hybridized carbons (Fsp3) is 0.647. The largest absolute Gasteiger partial charge is 0.497 e. The van der Waals surface area contributed by atoms with E-state index >= 15 is 0 Å². The average Bonchev–Trinajstić information content (AvgIpc) is 2.40. The van der Waals surface area contributed by atoms with E-state index in [1.165, 1.54) is 11.1 Å². The topological polar surface area (TPSA) is 21.3 Å². The number of rotatable bonds is 7. The minimum Gasteiger partial charge on any atom is -0.497 e. The molecule has 0 aliphatic carbocycles. The monoisotopic (exact) mass is 263 g/mol. The number of hydrogen-bond acceptors (Lipinski definition) is 2. The van der Waals surface area contributed by atoms with Gasteiger partial charge in [-0.05, 0) is 55.0 Å². The highest BCUT2D eigenvalue weighted by atomic mass is 16.5. The molecule has 0 aromatic heterocycles. The Morgan fingerprint density at radius 2 is 1.95 bits per heavy atom. The highest BCUT2D eigenvalue weighted by Gasteiger charge is 2.29. The minimum absolute atomic E-state index is 0.245. The first-order valence-corrected chi connectivity index (χ1v) is 7.34. The molecule has 2 heteroatoms. The highest BCUT2D eigenvalue weighted by molar-refractivity contribution is 5.37. The van der Waals surface area contributed by atoms with Gasteiger partial charge < -0.3 is 10.1 Å². The van der Waals surface area contributed by atoms with Gasteiger partial charge >= 0.3 is 0 Å². The molecule has 0 radical (unpaired) electrons. The summed E-state index contributed by atoms with van der Waals surface area (Å²) >= 11 is 0. The van der Waals surface area contributed by atoms with Crippen molar-refractivity contribution in [3.8, 4) is 5.75 Å². The van der Waals surface area contributed by atoms with Crippen molar-refractivity contribution in [3.63, 3.8) is 0 Å². The van der Waals surface area contributed by atoms with E-state index in [4.69, 9.17) is 4.74 Å². The van der Waals surface area contributed by atoms with Gasteiger partial charge in [0.15, 0.2) is 0 Å². The smallest absolute Gasteiger partial charge is 0.119 e. The van der Waals surface area contributed by atoms with Crippen LogP contribution in [0, 0.1) is 12.3 Å². The summed E-state index contributed by atoms with van der Waals surface area (Å²) in [4.78, 5) is 0. The first-order valence-electron chi connectivity index (χ1n) is 7.34. The second kappa shape index (κ2) is 6.95. The maximum absolute atomic E-state index is 5.30. The van der Waals surface area contributed by atoms with Gasteiger partial charge in [0.2, 0.25) is 0 Å². The van der Waals surface area contributed by atoms with Gasteiger partial charge in [-0.2, -0.15) is 0 Å². The van der Waals surface area contributed by atoms with Gasteiger partial charge in [-0.3, -0.25) is 0 Å². The zero-order chi connectivity index (χ0) is 14.5. The standard InChI is InChI=1S/C17H29NO/c1-7-11-18-16(17(4,5)8-2)15-10-9-14(19-6)12-13(15)3/h9-10,12,16,18H,7-8,11H2,1-6H3. The van der Waals surface area contributed by atoms with Crippen molar-refractivity contribution in [2.24, 2.45) is 5.41 Å². The van der Waals surface area contributed by atoms with E-state index < -0.39 is 0 Å². The van der Waals surface area contributed by atoms with Crippen LogP contribution >= 0.6 is 0 Å². The van der Waals surface area contributed by atoms with Crippen LogP contribution in [0.25, 0.3) is 0 Å². The van der Waals surface area contributed by atoms with Crippen molar-refractivity contribution in [1.29, 1.82) is 0 Å². The van der Waals surface area contributed by atoms with Crippen LogP contribution in [0.15, 0.2) is 18.2 Å². The minimum atomic E-state index is 0.245. The Kier molecular flexibility index (Phi) is 5.86. The molecule has 19 heavy (non-hydrogen) atoms. The van der Waals surface area contributed by atoms with Crippen LogP contribution in [0.5, 0.6) is 5.75 Å². The summed E-state index contributed by atoms with van der Waals surface area (Å²) in [5, 5.41) is 3.71. The third-order valence-corrected chi connectivity index (χ3v) is 4.08. The lowest BCUT2D eigenvalue weighted by Crippen LogP contribution is -2.34. The van der Waals surface area contributed by atoms with E-state index in [1.807, 2.05) is 0 Å². The van der Waals surface area contributed by atoms with Crippen LogP contribution in [-0.2, 0) is 0 Å². The van der Waals surface area contributed by atoms with E-state index in [0.29, 0.717) is 6.04 Å². The molecule has 1 unspecified atom stereocenters. The molecule has 0 aliphatic rings. The van der Waals surface area contributed by atoms with E-state index in [2.05, 4.69) is 58.1 Å². The Bertz CT molecular complexity index is 398. The molecule has 0 spiro atoms. The van der Waals surface area contributed by atoms with Gasteiger partial charge in [-0.25, -0.2) is 0 Å². The summed E-state index contributed by atoms with van der Waals surface area (Å²) in [5.74, 6) is 0.935. The van der Waals surface area contributed by atoms with E-state index in [0.717, 1.165) is 25.1 Å². The van der Waals surface area contributed by atoms with Crippen molar-refractivity contribution in [2.75, 3.05) is 13.7 Å². The summed E-state index contributed by atoms with van der Waals surface area (Å²) in [6.45, 7) is 12.4. The van der Waals surface area contributed by atoms with Gasteiger partial charge in [0.25, 0.3) is 0 Å². The normalized spacial score (nSPS) is 13.4. The molecule has 0 fully saturated rings. The molecular weight excluding hydrogens is 234 g/mol. The van der Waals surface area contributed by atoms with E-state index in [-0.39, 0.29) is 5.41 Å². The molecule has 1 aromatic carbocycles. The molecule has 2 nitrogen and oxygen atoms in total. The van der Waals surface area contributed by atoms with Crippen molar-refractivity contribution in [2.45, 2.75) is 53.5 Å². The summed E-state index contributed by atoms with van der Waals surface area (Å²) in [7, 11) is 1.72. The summed E-state index contributed by atoms with van der Waals surface area (Å²) in [5.41, 5.74) is 2.93. The fourth-order valence-electron chi connectivity index (χ4n) is 2.40. The van der Waals surface area contributed by atoms with Crippen LogP contribution in [0.3, 0.4) is 0 Å². The molecule has 1 atom stereocenters. The predicted molar refractivity (Wildman–Crippen MR) is 82.8 cm³/mol. The number of ether oxygens (including phenoxy) is 1. The number of benzene rings is 1. The lowest BCUT2D eigenvalue weighted by Gasteiger charge is -2.36. The van der Waals surface area contributed by atoms with E-state index in [9.17, 15) is 0 Å². The third kappa shape index (κ3) is 3.97. The molecule has 0 amide bonds. The maximum atomic E-state index is 5.30. The second-order valence-electron chi connectivity index (χ2n) is 5.95. The van der Waals surface area contributed by atoms with Crippen molar-refractivity contribution in [3.05, 3.63) is 29.3 Å². The Morgan fingerprint density at radius 1 is 1.26 bits per heavy atom. The predicted octanol–water partition coefficient (Wildman–Crippen LogP) is 4.48. The molecule has 1 rings (SSSR count). The molecule has 0 aliphatic heterocycles.